The lowest BCUT2D eigenvalue weighted by atomic mass is 10.1. The quantitative estimate of drug-likeness (QED) is 0.199. The minimum absolute atomic E-state index is 1.11. The smallest absolute Gasteiger partial charge is 0.0562 e. The number of benzene rings is 7. The van der Waals surface area contributed by atoms with E-state index in [0.717, 1.165) is 28.4 Å². The molecule has 45 heavy (non-hydrogen) atoms. The molecule has 212 valence electrons. The average Bonchev–Trinajstić information content (AvgIpc) is 3.67. The van der Waals surface area contributed by atoms with Gasteiger partial charge in [-0.05, 0) is 89.6 Å². The van der Waals surface area contributed by atoms with Gasteiger partial charge in [0.1, 0.15) is 0 Å². The number of nitrogens with zero attached hydrogens (tertiary/aromatic N) is 3. The molecule has 0 aliphatic rings. The van der Waals surface area contributed by atoms with Gasteiger partial charge in [-0.2, -0.15) is 0 Å². The standard InChI is InChI=1S/C42H29N3/c1-3-14-33(15-4-1)43-25-24-32-27-39-38-20-9-10-21-40(38)45(42(39)29-41(32)43)36-19-11-18-35(28-36)44(34-16-5-2-6-17-34)37-23-22-30-12-7-8-13-31(30)26-37/h1-29H. The molecule has 0 unspecified atom stereocenters. The van der Waals surface area contributed by atoms with Gasteiger partial charge < -0.3 is 14.0 Å². The summed E-state index contributed by atoms with van der Waals surface area (Å²) in [6.07, 6.45) is 2.17. The molecule has 0 bridgehead atoms. The average molecular weight is 576 g/mol. The summed E-state index contributed by atoms with van der Waals surface area (Å²) in [5, 5.41) is 6.19. The third kappa shape index (κ3) is 4.21. The first-order valence-electron chi connectivity index (χ1n) is 15.4. The molecule has 7 aromatic carbocycles. The third-order valence-corrected chi connectivity index (χ3v) is 8.87. The molecule has 3 nitrogen and oxygen atoms in total. The van der Waals surface area contributed by atoms with Crippen molar-refractivity contribution in [3.63, 3.8) is 0 Å². The van der Waals surface area contributed by atoms with Gasteiger partial charge in [0.05, 0.1) is 16.6 Å². The number of rotatable bonds is 5. The molecule has 2 aromatic heterocycles. The Hall–Kier alpha value is -6.06. The first-order chi connectivity index (χ1) is 22.3. The topological polar surface area (TPSA) is 13.1 Å². The summed E-state index contributed by atoms with van der Waals surface area (Å²) >= 11 is 0. The van der Waals surface area contributed by atoms with Crippen molar-refractivity contribution in [2.75, 3.05) is 4.90 Å². The largest absolute Gasteiger partial charge is 0.316 e. The summed E-state index contributed by atoms with van der Waals surface area (Å²) in [7, 11) is 0. The summed E-state index contributed by atoms with van der Waals surface area (Å²) in [5.41, 5.74) is 9.21. The monoisotopic (exact) mass is 575 g/mol. The van der Waals surface area contributed by atoms with Crippen LogP contribution in [0.1, 0.15) is 0 Å². The highest BCUT2D eigenvalue weighted by Gasteiger charge is 2.18. The van der Waals surface area contributed by atoms with E-state index in [9.17, 15) is 0 Å². The molecule has 0 amide bonds. The zero-order valence-corrected chi connectivity index (χ0v) is 24.6. The fourth-order valence-electron chi connectivity index (χ4n) is 6.80. The van der Waals surface area contributed by atoms with Gasteiger partial charge in [-0.3, -0.25) is 0 Å². The molecule has 0 radical (unpaired) electrons. The van der Waals surface area contributed by atoms with Crippen LogP contribution >= 0.6 is 0 Å². The lowest BCUT2D eigenvalue weighted by Gasteiger charge is -2.26. The van der Waals surface area contributed by atoms with Crippen LogP contribution in [0.3, 0.4) is 0 Å². The van der Waals surface area contributed by atoms with E-state index in [4.69, 9.17) is 0 Å². The van der Waals surface area contributed by atoms with E-state index in [1.807, 2.05) is 0 Å². The lowest BCUT2D eigenvalue weighted by molar-refractivity contribution is 1.12. The maximum atomic E-state index is 2.42. The fourth-order valence-corrected chi connectivity index (χ4v) is 6.80. The molecule has 0 saturated heterocycles. The van der Waals surface area contributed by atoms with E-state index in [1.54, 1.807) is 0 Å². The first kappa shape index (κ1) is 25.4. The molecule has 9 aromatic rings. The fraction of sp³-hybridized carbons (Fsp3) is 0. The highest BCUT2D eigenvalue weighted by molar-refractivity contribution is 6.13. The van der Waals surface area contributed by atoms with Gasteiger partial charge in [-0.1, -0.05) is 91.0 Å². The summed E-state index contributed by atoms with van der Waals surface area (Å²) in [6.45, 7) is 0. The van der Waals surface area contributed by atoms with Gasteiger partial charge in [-0.15, -0.1) is 0 Å². The Balaban J connectivity index is 1.27. The van der Waals surface area contributed by atoms with Crippen LogP contribution in [-0.2, 0) is 0 Å². The van der Waals surface area contributed by atoms with Crippen LogP contribution < -0.4 is 4.90 Å². The molecule has 0 N–H and O–H groups in total. The van der Waals surface area contributed by atoms with Gasteiger partial charge >= 0.3 is 0 Å². The normalized spacial score (nSPS) is 11.6. The van der Waals surface area contributed by atoms with Crippen LogP contribution in [0.4, 0.5) is 17.1 Å². The Morgan fingerprint density at radius 3 is 1.91 bits per heavy atom. The molecule has 0 fully saturated rings. The van der Waals surface area contributed by atoms with Crippen LogP contribution in [0.25, 0.3) is 54.9 Å². The second-order valence-electron chi connectivity index (χ2n) is 11.5. The van der Waals surface area contributed by atoms with Crippen molar-refractivity contribution in [3.8, 4) is 11.4 Å². The molecule has 0 atom stereocenters. The summed E-state index contributed by atoms with van der Waals surface area (Å²) in [4.78, 5) is 2.35. The van der Waals surface area contributed by atoms with Crippen LogP contribution in [0.15, 0.2) is 176 Å². The minimum atomic E-state index is 1.11. The second-order valence-corrected chi connectivity index (χ2v) is 11.5. The molecular formula is C42H29N3. The van der Waals surface area contributed by atoms with Crippen molar-refractivity contribution in [1.82, 2.24) is 9.13 Å². The maximum absolute atomic E-state index is 2.42. The van der Waals surface area contributed by atoms with E-state index in [-0.39, 0.29) is 0 Å². The van der Waals surface area contributed by atoms with Crippen LogP contribution in [0.2, 0.25) is 0 Å². The Labute approximate surface area is 261 Å². The molecular weight excluding hydrogens is 546 g/mol. The number of fused-ring (bicyclic) bond motifs is 5. The summed E-state index contributed by atoms with van der Waals surface area (Å²) in [6, 6.07) is 61.0. The van der Waals surface area contributed by atoms with Gasteiger partial charge in [-0.25, -0.2) is 0 Å². The van der Waals surface area contributed by atoms with E-state index in [2.05, 4.69) is 190 Å². The number of hydrogen-bond acceptors (Lipinski definition) is 1. The molecule has 0 aliphatic carbocycles. The first-order valence-corrected chi connectivity index (χ1v) is 15.4. The number of anilines is 3. The molecule has 9 rings (SSSR count). The Morgan fingerprint density at radius 1 is 0.356 bits per heavy atom. The predicted octanol–water partition coefficient (Wildman–Crippen LogP) is 11.4. The highest BCUT2D eigenvalue weighted by atomic mass is 15.1. The van der Waals surface area contributed by atoms with Gasteiger partial charge in [0, 0.05) is 50.8 Å². The Morgan fingerprint density at radius 2 is 1.04 bits per heavy atom. The van der Waals surface area contributed by atoms with Crippen molar-refractivity contribution >= 4 is 60.5 Å². The molecule has 2 heterocycles. The minimum Gasteiger partial charge on any atom is -0.316 e. The Kier molecular flexibility index (Phi) is 5.82. The molecule has 0 saturated carbocycles. The van der Waals surface area contributed by atoms with Crippen LogP contribution in [0, 0.1) is 0 Å². The SMILES string of the molecule is c1ccc(N(c2cccc(-n3c4ccccc4c4cc5ccn(-c6ccccc6)c5cc43)c2)c2ccc3ccccc3c2)cc1. The molecule has 3 heteroatoms. The van der Waals surface area contributed by atoms with Gasteiger partial charge in [0.2, 0.25) is 0 Å². The number of para-hydroxylation sites is 3. The number of aromatic nitrogens is 2. The zero-order chi connectivity index (χ0) is 29.7. The summed E-state index contributed by atoms with van der Waals surface area (Å²) in [5.74, 6) is 0. The highest BCUT2D eigenvalue weighted by Crippen LogP contribution is 2.39. The van der Waals surface area contributed by atoms with Crippen molar-refractivity contribution in [1.29, 1.82) is 0 Å². The second kappa shape index (κ2) is 10.3. The van der Waals surface area contributed by atoms with Crippen molar-refractivity contribution in [3.05, 3.63) is 176 Å². The number of hydrogen-bond donors (Lipinski definition) is 0. The maximum Gasteiger partial charge on any atom is 0.0562 e. The Bertz CT molecular complexity index is 2490. The van der Waals surface area contributed by atoms with Crippen molar-refractivity contribution in [2.24, 2.45) is 0 Å². The van der Waals surface area contributed by atoms with E-state index in [0.29, 0.717) is 0 Å². The van der Waals surface area contributed by atoms with Gasteiger partial charge in [0.15, 0.2) is 0 Å². The zero-order valence-electron chi connectivity index (χ0n) is 24.6. The van der Waals surface area contributed by atoms with Crippen molar-refractivity contribution < 1.29 is 0 Å². The summed E-state index contributed by atoms with van der Waals surface area (Å²) < 4.78 is 4.70. The van der Waals surface area contributed by atoms with Crippen molar-refractivity contribution in [2.45, 2.75) is 0 Å². The van der Waals surface area contributed by atoms with E-state index >= 15 is 0 Å². The van der Waals surface area contributed by atoms with Crippen LogP contribution in [-0.4, -0.2) is 9.13 Å². The molecule has 0 aliphatic heterocycles. The lowest BCUT2D eigenvalue weighted by Crippen LogP contribution is -2.10. The molecule has 0 spiro atoms. The van der Waals surface area contributed by atoms with Gasteiger partial charge in [0.25, 0.3) is 0 Å². The predicted molar refractivity (Wildman–Crippen MR) is 190 cm³/mol. The van der Waals surface area contributed by atoms with E-state index in [1.165, 1.54) is 43.5 Å². The van der Waals surface area contributed by atoms with Crippen LogP contribution in [0.5, 0.6) is 0 Å². The van der Waals surface area contributed by atoms with E-state index < -0.39 is 0 Å². The third-order valence-electron chi connectivity index (χ3n) is 8.87.